The van der Waals surface area contributed by atoms with Gasteiger partial charge in [0.15, 0.2) is 0 Å². The Balaban J connectivity index is 1.25. The summed E-state index contributed by atoms with van der Waals surface area (Å²) in [6, 6.07) is 14.8. The lowest BCUT2D eigenvalue weighted by Crippen LogP contribution is -2.57. The summed E-state index contributed by atoms with van der Waals surface area (Å²) in [5.41, 5.74) is 0.709. The molecule has 1 aliphatic carbocycles. The normalized spacial score (nSPS) is 26.7. The molecule has 0 aromatic heterocycles. The van der Waals surface area contributed by atoms with Gasteiger partial charge < -0.3 is 30.3 Å². The Morgan fingerprint density at radius 2 is 1.64 bits per heavy atom. The first-order valence-electron chi connectivity index (χ1n) is 17.6. The Morgan fingerprint density at radius 3 is 2.34 bits per heavy atom. The molecule has 3 aliphatic heterocycles. The summed E-state index contributed by atoms with van der Waals surface area (Å²) in [7, 11) is 0. The minimum absolute atomic E-state index is 0.0392. The van der Waals surface area contributed by atoms with Gasteiger partial charge >= 0.3 is 12.2 Å². The van der Waals surface area contributed by atoms with Gasteiger partial charge in [0.25, 0.3) is 5.91 Å². The fourth-order valence-electron chi connectivity index (χ4n) is 7.06. The summed E-state index contributed by atoms with van der Waals surface area (Å²) in [5, 5.41) is 8.71. The van der Waals surface area contributed by atoms with Crippen molar-refractivity contribution < 1.29 is 33.4 Å². The molecule has 12 nitrogen and oxygen atoms in total. The van der Waals surface area contributed by atoms with E-state index in [2.05, 4.69) is 16.0 Å². The van der Waals surface area contributed by atoms with E-state index in [1.54, 1.807) is 37.8 Å². The molecular weight excluding hydrogens is 638 g/mol. The number of rotatable bonds is 4. The number of carbonyl (C=O) groups is 5. The zero-order valence-electron chi connectivity index (χ0n) is 29.0. The molecule has 0 radical (unpaired) electrons. The SMILES string of the molecule is CC(C)(C)OC(=O)N[C@H]1CCCCCC=C[C@@H]2C[C@@]2(C(=O)Nc2ccccc2)NC(=O)[C@@H]2C[C@@H](OC(=O)N3Cc4ccccc4C3)CN2C1=O. The molecule has 2 aromatic carbocycles. The smallest absolute Gasteiger partial charge is 0.410 e. The number of carbonyl (C=O) groups excluding carboxylic acids is 5. The van der Waals surface area contributed by atoms with Gasteiger partial charge in [-0.25, -0.2) is 9.59 Å². The van der Waals surface area contributed by atoms with Crippen LogP contribution >= 0.6 is 0 Å². The van der Waals surface area contributed by atoms with Crippen molar-refractivity contribution in [3.63, 3.8) is 0 Å². The lowest BCUT2D eigenvalue weighted by Gasteiger charge is -2.30. The van der Waals surface area contributed by atoms with Crippen molar-refractivity contribution in [1.82, 2.24) is 20.4 Å². The first-order chi connectivity index (χ1) is 23.9. The van der Waals surface area contributed by atoms with E-state index in [4.69, 9.17) is 9.47 Å². The zero-order chi connectivity index (χ0) is 35.5. The molecule has 0 spiro atoms. The van der Waals surface area contributed by atoms with Crippen LogP contribution in [0.1, 0.15) is 76.8 Å². The van der Waals surface area contributed by atoms with Gasteiger partial charge in [-0.1, -0.05) is 67.5 Å². The number of alkyl carbamates (subject to hydrolysis) is 1. The van der Waals surface area contributed by atoms with Crippen molar-refractivity contribution in [1.29, 1.82) is 0 Å². The van der Waals surface area contributed by atoms with E-state index in [-0.39, 0.29) is 24.8 Å². The fraction of sp³-hybridized carbons (Fsp3) is 0.500. The third kappa shape index (κ3) is 8.11. The second-order valence-corrected chi connectivity index (χ2v) is 14.7. The number of nitrogens with zero attached hydrogens (tertiary/aromatic N) is 2. The molecular formula is C38H47N5O7. The van der Waals surface area contributed by atoms with Crippen LogP contribution in [0, 0.1) is 5.92 Å². The third-order valence-electron chi connectivity index (χ3n) is 9.73. The topological polar surface area (TPSA) is 146 Å². The lowest BCUT2D eigenvalue weighted by atomic mass is 10.0. The van der Waals surface area contributed by atoms with E-state index in [1.807, 2.05) is 54.6 Å². The lowest BCUT2D eigenvalue weighted by molar-refractivity contribution is -0.141. The molecule has 0 bridgehead atoms. The number of benzene rings is 2. The number of ether oxygens (including phenoxy) is 2. The van der Waals surface area contributed by atoms with E-state index in [9.17, 15) is 24.0 Å². The van der Waals surface area contributed by atoms with Gasteiger partial charge in [0.1, 0.15) is 29.3 Å². The van der Waals surface area contributed by atoms with Crippen LogP contribution in [0.15, 0.2) is 66.7 Å². The minimum atomic E-state index is -1.21. The molecule has 266 valence electrons. The summed E-state index contributed by atoms with van der Waals surface area (Å²) in [6.07, 6.45) is 5.90. The van der Waals surface area contributed by atoms with Crippen LogP contribution in [-0.2, 0) is 36.9 Å². The van der Waals surface area contributed by atoms with Crippen LogP contribution in [0.2, 0.25) is 0 Å². The monoisotopic (exact) mass is 685 g/mol. The summed E-state index contributed by atoms with van der Waals surface area (Å²) in [5.74, 6) is -1.55. The quantitative estimate of drug-likeness (QED) is 0.383. The molecule has 3 heterocycles. The van der Waals surface area contributed by atoms with Gasteiger partial charge in [-0.2, -0.15) is 0 Å². The molecule has 2 aromatic rings. The van der Waals surface area contributed by atoms with Gasteiger partial charge in [0.05, 0.1) is 6.54 Å². The van der Waals surface area contributed by atoms with Crippen LogP contribution in [0.3, 0.4) is 0 Å². The maximum absolute atomic E-state index is 14.3. The highest BCUT2D eigenvalue weighted by atomic mass is 16.6. The first-order valence-corrected chi connectivity index (χ1v) is 17.6. The average molecular weight is 686 g/mol. The Labute approximate surface area is 292 Å². The predicted molar refractivity (Wildman–Crippen MR) is 186 cm³/mol. The zero-order valence-corrected chi connectivity index (χ0v) is 29.0. The minimum Gasteiger partial charge on any atom is -0.444 e. The molecule has 5 atom stereocenters. The standard InChI is InChI=1S/C38H47N5O7/c1-37(2,3)50-35(47)40-30-19-11-6-4-5-8-16-27-21-38(27,34(46)39-28-17-9-7-10-18-28)41-32(44)31-20-29(24-43(31)33(30)45)49-36(48)42-22-25-14-12-13-15-26(25)23-42/h7-10,12-18,27,29-31H,4-6,11,19-24H2,1-3H3,(H,39,46)(H,40,47)(H,41,44)/t27-,29-,30+,31+,38-/m1/s1. The van der Waals surface area contributed by atoms with Crippen LogP contribution in [0.4, 0.5) is 15.3 Å². The highest BCUT2D eigenvalue weighted by Gasteiger charge is 2.61. The number of hydrogen-bond donors (Lipinski definition) is 3. The largest absolute Gasteiger partial charge is 0.444 e. The number of allylic oxidation sites excluding steroid dienone is 1. The van der Waals surface area contributed by atoms with E-state index in [0.29, 0.717) is 38.0 Å². The maximum Gasteiger partial charge on any atom is 0.410 e. The molecule has 3 N–H and O–H groups in total. The van der Waals surface area contributed by atoms with Crippen molar-refractivity contribution >= 4 is 35.6 Å². The number of anilines is 1. The van der Waals surface area contributed by atoms with Crippen LogP contribution < -0.4 is 16.0 Å². The molecule has 1 saturated carbocycles. The van der Waals surface area contributed by atoms with E-state index in [0.717, 1.165) is 30.4 Å². The van der Waals surface area contributed by atoms with Crippen molar-refractivity contribution in [3.8, 4) is 0 Å². The Hall–Kier alpha value is -4.87. The summed E-state index contributed by atoms with van der Waals surface area (Å²) >= 11 is 0. The molecule has 2 fully saturated rings. The molecule has 5 amide bonds. The van der Waals surface area contributed by atoms with Crippen molar-refractivity contribution in [2.45, 2.75) is 108 Å². The van der Waals surface area contributed by atoms with E-state index in [1.165, 1.54) is 4.90 Å². The van der Waals surface area contributed by atoms with Crippen molar-refractivity contribution in [2.75, 3.05) is 11.9 Å². The number of para-hydroxylation sites is 1. The second-order valence-electron chi connectivity index (χ2n) is 14.7. The number of nitrogens with one attached hydrogen (secondary N) is 3. The van der Waals surface area contributed by atoms with Gasteiger partial charge in [-0.15, -0.1) is 0 Å². The fourth-order valence-corrected chi connectivity index (χ4v) is 7.06. The Kier molecular flexibility index (Phi) is 10.2. The average Bonchev–Trinajstić information content (AvgIpc) is 3.37. The van der Waals surface area contributed by atoms with Gasteiger partial charge in [0, 0.05) is 31.1 Å². The van der Waals surface area contributed by atoms with E-state index >= 15 is 0 Å². The highest BCUT2D eigenvalue weighted by molar-refractivity contribution is 6.04. The molecule has 12 heteroatoms. The molecule has 0 unspecified atom stereocenters. The molecule has 4 aliphatic rings. The summed E-state index contributed by atoms with van der Waals surface area (Å²) in [4.78, 5) is 71.6. The first kappa shape index (κ1) is 35.0. The number of hydrogen-bond acceptors (Lipinski definition) is 7. The van der Waals surface area contributed by atoms with Crippen LogP contribution in [-0.4, -0.2) is 75.6 Å². The number of amides is 5. The van der Waals surface area contributed by atoms with Crippen molar-refractivity contribution in [3.05, 3.63) is 77.9 Å². The van der Waals surface area contributed by atoms with E-state index < -0.39 is 53.3 Å². The maximum atomic E-state index is 14.3. The predicted octanol–water partition coefficient (Wildman–Crippen LogP) is 5.04. The third-order valence-corrected chi connectivity index (χ3v) is 9.73. The van der Waals surface area contributed by atoms with Gasteiger partial charge in [0.2, 0.25) is 11.8 Å². The Bertz CT molecular complexity index is 1610. The molecule has 50 heavy (non-hydrogen) atoms. The van der Waals surface area contributed by atoms with Crippen LogP contribution in [0.5, 0.6) is 0 Å². The summed E-state index contributed by atoms with van der Waals surface area (Å²) < 4.78 is 11.4. The highest BCUT2D eigenvalue weighted by Crippen LogP contribution is 2.46. The van der Waals surface area contributed by atoms with Crippen molar-refractivity contribution in [2.24, 2.45) is 5.92 Å². The number of fused-ring (bicyclic) bond motifs is 3. The van der Waals surface area contributed by atoms with Gasteiger partial charge in [-0.05, 0) is 69.7 Å². The van der Waals surface area contributed by atoms with Gasteiger partial charge in [-0.3, -0.25) is 19.3 Å². The second kappa shape index (κ2) is 14.5. The summed E-state index contributed by atoms with van der Waals surface area (Å²) in [6.45, 7) is 6.00. The van der Waals surface area contributed by atoms with Crippen LogP contribution in [0.25, 0.3) is 0 Å². The molecule has 6 rings (SSSR count). The molecule has 1 saturated heterocycles. The Morgan fingerprint density at radius 1 is 0.940 bits per heavy atom.